The molecule has 0 aromatic heterocycles. The molecule has 0 heterocycles. The van der Waals surface area contributed by atoms with E-state index in [2.05, 4.69) is 0 Å². The van der Waals surface area contributed by atoms with E-state index in [4.69, 9.17) is 0 Å². The average molecular weight is 227 g/mol. The van der Waals surface area contributed by atoms with Gasteiger partial charge in [0, 0.05) is 19.0 Å². The maximum atomic E-state index is 11.2. The largest absolute Gasteiger partial charge is 0.339 e. The van der Waals surface area contributed by atoms with E-state index in [9.17, 15) is 4.79 Å². The van der Waals surface area contributed by atoms with Crippen LogP contribution in [-0.2, 0) is 0 Å². The van der Waals surface area contributed by atoms with Crippen molar-refractivity contribution in [2.24, 2.45) is 0 Å². The molecule has 0 fully saturated rings. The van der Waals surface area contributed by atoms with Gasteiger partial charge in [0.2, 0.25) is 0 Å². The van der Waals surface area contributed by atoms with Gasteiger partial charge in [0.05, 0.1) is 0 Å². The molecule has 3 heteroatoms. The maximum Gasteiger partial charge on any atom is 0.285 e. The van der Waals surface area contributed by atoms with Crippen molar-refractivity contribution in [3.8, 4) is 0 Å². The van der Waals surface area contributed by atoms with Crippen molar-refractivity contribution in [1.82, 2.24) is 4.90 Å². The van der Waals surface area contributed by atoms with Crippen LogP contribution in [0.3, 0.4) is 0 Å². The van der Waals surface area contributed by atoms with Crippen LogP contribution in [0.25, 0.3) is 0 Å². The molecule has 0 aliphatic heterocycles. The molecule has 0 atom stereocenters. The molecule has 0 unspecified atom stereocenters. The van der Waals surface area contributed by atoms with Crippen LogP contribution in [0.2, 0.25) is 0 Å². The molecular weight excluding hydrogens is 206 g/mol. The first-order chi connectivity index (χ1) is 6.70. The van der Waals surface area contributed by atoms with Gasteiger partial charge in [-0.1, -0.05) is 39.5 Å². The number of carbonyl (C=O) groups excluding carboxylic acids is 1. The molecule has 1 rings (SSSR count). The summed E-state index contributed by atoms with van der Waals surface area (Å²) in [5, 5.41) is 0.0567. The van der Waals surface area contributed by atoms with Gasteiger partial charge in [-0.15, -0.1) is 0 Å². The highest BCUT2D eigenvalue weighted by Crippen LogP contribution is 2.19. The quantitative estimate of drug-likeness (QED) is 0.673. The topological polar surface area (TPSA) is 20.3 Å². The van der Waals surface area contributed by atoms with Gasteiger partial charge < -0.3 is 4.90 Å². The number of benzene rings is 1. The molecule has 0 bridgehead atoms. The number of nitrogens with zero attached hydrogens (tertiary/aromatic N) is 1. The molecule has 1 amide bonds. The summed E-state index contributed by atoms with van der Waals surface area (Å²) < 4.78 is 0. The highest BCUT2D eigenvalue weighted by molar-refractivity contribution is 8.13. The van der Waals surface area contributed by atoms with Crippen molar-refractivity contribution in [2.75, 3.05) is 14.1 Å². The first-order valence-corrected chi connectivity index (χ1v) is 5.46. The minimum atomic E-state index is 0. The summed E-state index contributed by atoms with van der Waals surface area (Å²) in [4.78, 5) is 13.8. The first kappa shape index (κ1) is 16.5. The van der Waals surface area contributed by atoms with Crippen molar-refractivity contribution in [1.29, 1.82) is 0 Å². The number of amides is 1. The Morgan fingerprint density at radius 2 is 1.60 bits per heavy atom. The zero-order valence-electron chi connectivity index (χ0n) is 9.15. The van der Waals surface area contributed by atoms with E-state index in [0.717, 1.165) is 4.90 Å². The summed E-state index contributed by atoms with van der Waals surface area (Å²) in [7, 11) is 3.50. The third-order valence-corrected chi connectivity index (χ3v) is 2.36. The Morgan fingerprint density at radius 3 is 2.00 bits per heavy atom. The van der Waals surface area contributed by atoms with Gasteiger partial charge in [-0.05, 0) is 23.9 Å². The summed E-state index contributed by atoms with van der Waals surface area (Å²) in [6.07, 6.45) is 0. The van der Waals surface area contributed by atoms with E-state index in [0.29, 0.717) is 0 Å². The highest BCUT2D eigenvalue weighted by Gasteiger charge is 2.04. The molecule has 0 saturated carbocycles. The summed E-state index contributed by atoms with van der Waals surface area (Å²) in [5.74, 6) is 0. The van der Waals surface area contributed by atoms with Gasteiger partial charge in [0.15, 0.2) is 0 Å². The van der Waals surface area contributed by atoms with Crippen LogP contribution in [0.4, 0.5) is 4.79 Å². The summed E-state index contributed by atoms with van der Waals surface area (Å²) >= 11 is 1.24. The van der Waals surface area contributed by atoms with E-state index < -0.39 is 0 Å². The van der Waals surface area contributed by atoms with Crippen molar-refractivity contribution in [3.63, 3.8) is 0 Å². The van der Waals surface area contributed by atoms with E-state index in [1.165, 1.54) is 11.8 Å². The average Bonchev–Trinajstić information content (AvgIpc) is 2.22. The standard InChI is InChI=1S/C9H11NOS.C2H6.CH4/c1-10(2)9(11)12-8-6-4-3-5-7-8;1-2;/h3-7H,1-2H3;1-2H3;1H4. The van der Waals surface area contributed by atoms with Crippen LogP contribution in [-0.4, -0.2) is 24.2 Å². The molecule has 2 nitrogen and oxygen atoms in total. The fraction of sp³-hybridized carbons (Fsp3) is 0.417. The zero-order valence-corrected chi connectivity index (χ0v) is 9.97. The van der Waals surface area contributed by atoms with Crippen molar-refractivity contribution < 1.29 is 4.79 Å². The normalized spacial score (nSPS) is 8.00. The SMILES string of the molecule is C.CC.CN(C)C(=O)Sc1ccccc1. The van der Waals surface area contributed by atoms with Gasteiger partial charge in [-0.25, -0.2) is 0 Å². The molecule has 86 valence electrons. The summed E-state index contributed by atoms with van der Waals surface area (Å²) in [6.45, 7) is 4.00. The Balaban J connectivity index is 0. The minimum absolute atomic E-state index is 0. The van der Waals surface area contributed by atoms with Crippen LogP contribution in [0.5, 0.6) is 0 Å². The summed E-state index contributed by atoms with van der Waals surface area (Å²) in [5.41, 5.74) is 0. The zero-order chi connectivity index (χ0) is 11.0. The minimum Gasteiger partial charge on any atom is -0.339 e. The van der Waals surface area contributed by atoms with Gasteiger partial charge in [-0.3, -0.25) is 4.79 Å². The Labute approximate surface area is 97.7 Å². The van der Waals surface area contributed by atoms with Gasteiger partial charge >= 0.3 is 0 Å². The predicted octanol–water partition coefficient (Wildman–Crippen LogP) is 4.12. The van der Waals surface area contributed by atoms with Crippen molar-refractivity contribution in [3.05, 3.63) is 30.3 Å². The molecule has 0 spiro atoms. The van der Waals surface area contributed by atoms with Crippen molar-refractivity contribution in [2.45, 2.75) is 26.2 Å². The molecule has 0 saturated heterocycles. The molecule has 15 heavy (non-hydrogen) atoms. The lowest BCUT2D eigenvalue weighted by molar-refractivity contribution is 0.241. The second-order valence-electron chi connectivity index (χ2n) is 2.58. The third kappa shape index (κ3) is 7.03. The number of thioether (sulfide) groups is 1. The fourth-order valence-corrected chi connectivity index (χ4v) is 1.36. The molecule has 1 aromatic rings. The molecule has 0 radical (unpaired) electrons. The maximum absolute atomic E-state index is 11.2. The molecule has 1 aromatic carbocycles. The van der Waals surface area contributed by atoms with Gasteiger partial charge in [0.25, 0.3) is 5.24 Å². The smallest absolute Gasteiger partial charge is 0.285 e. The summed E-state index contributed by atoms with van der Waals surface area (Å²) in [6, 6.07) is 9.62. The number of carbonyl (C=O) groups is 1. The van der Waals surface area contributed by atoms with Crippen molar-refractivity contribution >= 4 is 17.0 Å². The van der Waals surface area contributed by atoms with Crippen LogP contribution in [0.15, 0.2) is 35.2 Å². The van der Waals surface area contributed by atoms with E-state index in [1.54, 1.807) is 19.0 Å². The Hall–Kier alpha value is -0.960. The van der Waals surface area contributed by atoms with Crippen LogP contribution < -0.4 is 0 Å². The van der Waals surface area contributed by atoms with Gasteiger partial charge in [0.1, 0.15) is 0 Å². The first-order valence-electron chi connectivity index (χ1n) is 4.64. The van der Waals surface area contributed by atoms with E-state index in [-0.39, 0.29) is 12.7 Å². The lowest BCUT2D eigenvalue weighted by atomic mass is 10.4. The lowest BCUT2D eigenvalue weighted by Gasteiger charge is -2.08. The molecular formula is C12H21NOS. The Bertz CT molecular complexity index is 260. The fourth-order valence-electron chi connectivity index (χ4n) is 0.681. The monoisotopic (exact) mass is 227 g/mol. The predicted molar refractivity (Wildman–Crippen MR) is 69.5 cm³/mol. The Kier molecular flexibility index (Phi) is 10.5. The Morgan fingerprint density at radius 1 is 1.13 bits per heavy atom. The third-order valence-electron chi connectivity index (χ3n) is 1.31. The van der Waals surface area contributed by atoms with Crippen LogP contribution >= 0.6 is 11.8 Å². The molecule has 0 aliphatic carbocycles. The van der Waals surface area contributed by atoms with Crippen LogP contribution in [0.1, 0.15) is 21.3 Å². The second kappa shape index (κ2) is 9.59. The second-order valence-corrected chi connectivity index (χ2v) is 3.60. The van der Waals surface area contributed by atoms with Crippen LogP contribution in [0, 0.1) is 0 Å². The molecule has 0 aliphatic rings. The lowest BCUT2D eigenvalue weighted by Crippen LogP contribution is -2.15. The van der Waals surface area contributed by atoms with E-state index in [1.807, 2.05) is 44.2 Å². The van der Waals surface area contributed by atoms with Gasteiger partial charge in [-0.2, -0.15) is 0 Å². The number of rotatable bonds is 1. The highest BCUT2D eigenvalue weighted by atomic mass is 32.2. The number of hydrogen-bond donors (Lipinski definition) is 0. The van der Waals surface area contributed by atoms with E-state index >= 15 is 0 Å². The number of hydrogen-bond acceptors (Lipinski definition) is 2. The molecule has 0 N–H and O–H groups in total.